The van der Waals surface area contributed by atoms with Crippen LogP contribution >= 0.6 is 24.1 Å². The van der Waals surface area contributed by atoms with Crippen LogP contribution in [0, 0.1) is 5.92 Å². The van der Waals surface area contributed by atoms with Crippen LogP contribution in [0.2, 0.25) is 0 Å². The van der Waals surface area contributed by atoms with Crippen molar-refractivity contribution < 1.29 is 18.6 Å². The highest BCUT2D eigenvalue weighted by molar-refractivity contribution is 9.10. The van der Waals surface area contributed by atoms with Gasteiger partial charge in [0.1, 0.15) is 0 Å². The van der Waals surface area contributed by atoms with Crippen molar-refractivity contribution in [2.75, 3.05) is 7.11 Å². The fourth-order valence-electron chi connectivity index (χ4n) is 1.33. The highest BCUT2D eigenvalue weighted by atomic mass is 79.9. The summed E-state index contributed by atoms with van der Waals surface area (Å²) in [5, 5.41) is 2.63. The molecule has 0 spiro atoms. The zero-order valence-corrected chi connectivity index (χ0v) is 13.4. The highest BCUT2D eigenvalue weighted by Crippen LogP contribution is 2.26. The molecule has 0 aliphatic carbocycles. The highest BCUT2D eigenvalue weighted by Gasteiger charge is 2.33. The number of carbonyl (C=O) groups is 1. The van der Waals surface area contributed by atoms with Crippen molar-refractivity contribution in [3.63, 3.8) is 0 Å². The first-order chi connectivity index (χ1) is 8.93. The summed E-state index contributed by atoms with van der Waals surface area (Å²) >= 11 is 3.29. The first-order valence-corrected chi connectivity index (χ1v) is 7.66. The van der Waals surface area contributed by atoms with Crippen LogP contribution in [-0.2, 0) is 14.1 Å². The van der Waals surface area contributed by atoms with Crippen molar-refractivity contribution in [3.05, 3.63) is 28.7 Å². The van der Waals surface area contributed by atoms with Crippen LogP contribution in [-0.4, -0.2) is 19.1 Å². The molecule has 0 aromatic heterocycles. The van der Waals surface area contributed by atoms with Crippen molar-refractivity contribution in [2.24, 2.45) is 5.92 Å². The summed E-state index contributed by atoms with van der Waals surface area (Å²) in [6, 6.07) is 6.25. The molecule has 104 valence electrons. The number of rotatable bonds is 6. The molecule has 1 unspecified atom stereocenters. The monoisotopic (exact) mass is 348 g/mol. The molecule has 19 heavy (non-hydrogen) atoms. The maximum atomic E-state index is 11.8. The summed E-state index contributed by atoms with van der Waals surface area (Å²) in [5.74, 6) is -0.0538. The number of esters is 1. The number of hydrogen-bond donors (Lipinski definition) is 1. The summed E-state index contributed by atoms with van der Waals surface area (Å²) in [4.78, 5) is 11.5. The standard InChI is InChI=1S/C12H16BrNO4P/c1-8(2)11(12(15)17-3)14-19(16)18-10-6-4-9(13)5-7-10/h4-8,11H,1-3H3,(H,14,16)/q+1/t11-/m0/s1. The van der Waals surface area contributed by atoms with Crippen molar-refractivity contribution in [1.29, 1.82) is 0 Å². The lowest BCUT2D eigenvalue weighted by Gasteiger charge is -2.13. The molecule has 0 amide bonds. The van der Waals surface area contributed by atoms with Crippen LogP contribution in [0.15, 0.2) is 28.7 Å². The molecular formula is C12H16BrNO4P+. The van der Waals surface area contributed by atoms with Gasteiger partial charge < -0.3 is 4.74 Å². The molecule has 7 heteroatoms. The Kier molecular flexibility index (Phi) is 6.42. The smallest absolute Gasteiger partial charge is 0.468 e. The third-order valence-electron chi connectivity index (χ3n) is 2.37. The number of methoxy groups -OCH3 is 1. The molecule has 1 aromatic carbocycles. The average Bonchev–Trinajstić information content (AvgIpc) is 2.37. The zero-order valence-electron chi connectivity index (χ0n) is 10.9. The van der Waals surface area contributed by atoms with Gasteiger partial charge in [-0.1, -0.05) is 34.9 Å². The average molecular weight is 349 g/mol. The van der Waals surface area contributed by atoms with Gasteiger partial charge in [0.2, 0.25) is 0 Å². The summed E-state index contributed by atoms with van der Waals surface area (Å²) in [6.07, 6.45) is 0. The molecule has 0 radical (unpaired) electrons. The maximum absolute atomic E-state index is 11.8. The Hall–Kier alpha value is -0.970. The summed E-state index contributed by atoms with van der Waals surface area (Å²) in [5.41, 5.74) is 0. The van der Waals surface area contributed by atoms with Crippen LogP contribution < -0.4 is 9.61 Å². The molecular weight excluding hydrogens is 333 g/mol. The van der Waals surface area contributed by atoms with E-state index in [1.807, 2.05) is 13.8 Å². The zero-order chi connectivity index (χ0) is 14.4. The number of ether oxygens (including phenoxy) is 1. The van der Waals surface area contributed by atoms with Crippen LogP contribution in [0.4, 0.5) is 0 Å². The number of hydrogen-bond acceptors (Lipinski definition) is 4. The van der Waals surface area contributed by atoms with Gasteiger partial charge >= 0.3 is 14.1 Å². The fourth-order valence-corrected chi connectivity index (χ4v) is 2.59. The Morgan fingerprint density at radius 3 is 2.37 bits per heavy atom. The molecule has 0 fully saturated rings. The second kappa shape index (κ2) is 7.58. The lowest BCUT2D eigenvalue weighted by molar-refractivity contribution is -0.143. The van der Waals surface area contributed by atoms with Gasteiger partial charge in [-0.2, -0.15) is 0 Å². The van der Waals surface area contributed by atoms with Crippen LogP contribution in [0.1, 0.15) is 13.8 Å². The Morgan fingerprint density at radius 1 is 1.32 bits per heavy atom. The van der Waals surface area contributed by atoms with Crippen LogP contribution in [0.25, 0.3) is 0 Å². The third kappa shape index (κ3) is 5.27. The van der Waals surface area contributed by atoms with E-state index in [0.717, 1.165) is 4.47 Å². The van der Waals surface area contributed by atoms with E-state index in [0.29, 0.717) is 5.75 Å². The van der Waals surface area contributed by atoms with E-state index in [1.54, 1.807) is 24.3 Å². The Labute approximate surface area is 121 Å². The molecule has 1 rings (SSSR count). The predicted molar refractivity (Wildman–Crippen MR) is 76.2 cm³/mol. The molecule has 0 bridgehead atoms. The van der Waals surface area contributed by atoms with E-state index in [4.69, 9.17) is 4.52 Å². The molecule has 0 aliphatic rings. The Morgan fingerprint density at radius 2 is 1.89 bits per heavy atom. The van der Waals surface area contributed by atoms with Gasteiger partial charge in [-0.05, 0) is 30.2 Å². The second-order valence-corrected chi connectivity index (χ2v) is 6.05. The first-order valence-electron chi connectivity index (χ1n) is 5.69. The van der Waals surface area contributed by atoms with E-state index in [1.165, 1.54) is 7.11 Å². The quantitative estimate of drug-likeness (QED) is 0.631. The molecule has 5 nitrogen and oxygen atoms in total. The van der Waals surface area contributed by atoms with Crippen molar-refractivity contribution in [1.82, 2.24) is 5.09 Å². The summed E-state index contributed by atoms with van der Waals surface area (Å²) in [7, 11) is -0.899. The number of halogens is 1. The topological polar surface area (TPSA) is 64.6 Å². The maximum Gasteiger partial charge on any atom is 0.664 e. The van der Waals surface area contributed by atoms with Crippen LogP contribution in [0.5, 0.6) is 5.75 Å². The van der Waals surface area contributed by atoms with Crippen molar-refractivity contribution in [2.45, 2.75) is 19.9 Å². The van der Waals surface area contributed by atoms with Gasteiger partial charge in [0.15, 0.2) is 11.8 Å². The third-order valence-corrected chi connectivity index (χ3v) is 3.76. The van der Waals surface area contributed by atoms with Gasteiger partial charge in [-0.25, -0.2) is 4.52 Å². The minimum Gasteiger partial charge on any atom is -0.468 e. The van der Waals surface area contributed by atoms with Gasteiger partial charge in [0.25, 0.3) is 0 Å². The minimum absolute atomic E-state index is 0.0556. The van der Waals surface area contributed by atoms with Crippen molar-refractivity contribution in [3.8, 4) is 5.75 Å². The number of carbonyl (C=O) groups excluding carboxylic acids is 1. The molecule has 0 saturated heterocycles. The van der Waals surface area contributed by atoms with Gasteiger partial charge in [0, 0.05) is 9.04 Å². The Bertz CT molecular complexity index is 450. The lowest BCUT2D eigenvalue weighted by atomic mass is 10.1. The van der Waals surface area contributed by atoms with Gasteiger partial charge in [0.05, 0.1) is 7.11 Å². The minimum atomic E-state index is -2.19. The molecule has 0 heterocycles. The molecule has 1 aromatic rings. The first kappa shape index (κ1) is 16.1. The van der Waals surface area contributed by atoms with Crippen LogP contribution in [0.3, 0.4) is 0 Å². The number of benzene rings is 1. The lowest BCUT2D eigenvalue weighted by Crippen LogP contribution is -2.38. The Balaban J connectivity index is 2.62. The SMILES string of the molecule is COC(=O)[C@@H](N[P+](=O)Oc1ccc(Br)cc1)C(C)C. The van der Waals surface area contributed by atoms with E-state index >= 15 is 0 Å². The predicted octanol–water partition coefficient (Wildman–Crippen LogP) is 3.27. The van der Waals surface area contributed by atoms with Gasteiger partial charge in [-0.3, -0.25) is 4.79 Å². The summed E-state index contributed by atoms with van der Waals surface area (Å²) < 4.78 is 22.6. The molecule has 2 atom stereocenters. The second-order valence-electron chi connectivity index (χ2n) is 4.18. The molecule has 1 N–H and O–H groups in total. The van der Waals surface area contributed by atoms with Gasteiger partial charge in [-0.15, -0.1) is 0 Å². The molecule has 0 aliphatic heterocycles. The van der Waals surface area contributed by atoms with E-state index < -0.39 is 20.2 Å². The number of nitrogens with one attached hydrogen (secondary N) is 1. The van der Waals surface area contributed by atoms with E-state index in [9.17, 15) is 9.36 Å². The summed E-state index contributed by atoms with van der Waals surface area (Å²) in [6.45, 7) is 3.66. The molecule has 0 saturated carbocycles. The largest absolute Gasteiger partial charge is 0.664 e. The normalized spacial score (nSPS) is 13.0. The van der Waals surface area contributed by atoms with E-state index in [-0.39, 0.29) is 5.92 Å². The van der Waals surface area contributed by atoms with Crippen molar-refractivity contribution >= 4 is 30.1 Å². The van der Waals surface area contributed by atoms with E-state index in [2.05, 4.69) is 25.8 Å². The fraction of sp³-hybridized carbons (Fsp3) is 0.417.